The van der Waals surface area contributed by atoms with E-state index in [4.69, 9.17) is 25.5 Å². The Bertz CT molecular complexity index is 483. The van der Waals surface area contributed by atoms with E-state index in [-0.39, 0.29) is 6.42 Å². The second kappa shape index (κ2) is 23.7. The van der Waals surface area contributed by atoms with Crippen molar-refractivity contribution in [3.63, 3.8) is 0 Å². The quantitative estimate of drug-likeness (QED) is 0.133. The van der Waals surface area contributed by atoms with Crippen LogP contribution in [0.15, 0.2) is 0 Å². The SMILES string of the molecule is CC(C)CCCCCCCCCCCCCCC(=O)O.CCC(=O)[C@H](O)[C@@H](O)[C@H](O)[C@H](O)CO. The van der Waals surface area contributed by atoms with Crippen molar-refractivity contribution in [3.8, 4) is 0 Å². The van der Waals surface area contributed by atoms with Gasteiger partial charge in [-0.3, -0.25) is 9.59 Å². The molecule has 0 aliphatic rings. The van der Waals surface area contributed by atoms with Crippen LogP contribution in [0.3, 0.4) is 0 Å². The third-order valence-electron chi connectivity index (χ3n) is 5.86. The number of rotatable bonds is 21. The first-order valence-corrected chi connectivity index (χ1v) is 13.2. The first-order chi connectivity index (χ1) is 16.1. The van der Waals surface area contributed by atoms with E-state index in [0.29, 0.717) is 6.42 Å². The Morgan fingerprint density at radius 2 is 1.09 bits per heavy atom. The molecular weight excluding hydrogens is 440 g/mol. The van der Waals surface area contributed by atoms with Crippen molar-refractivity contribution in [2.75, 3.05) is 6.61 Å². The molecule has 0 amide bonds. The molecule has 0 aromatic carbocycles. The van der Waals surface area contributed by atoms with Crippen molar-refractivity contribution in [1.82, 2.24) is 0 Å². The minimum absolute atomic E-state index is 0.0141. The van der Waals surface area contributed by atoms with Gasteiger partial charge in [-0.2, -0.15) is 0 Å². The number of carbonyl (C=O) groups is 2. The van der Waals surface area contributed by atoms with Crippen molar-refractivity contribution in [3.05, 3.63) is 0 Å². The summed E-state index contributed by atoms with van der Waals surface area (Å²) in [6.45, 7) is 5.35. The van der Waals surface area contributed by atoms with Gasteiger partial charge in [-0.1, -0.05) is 97.8 Å². The van der Waals surface area contributed by atoms with Gasteiger partial charge < -0.3 is 30.6 Å². The summed E-state index contributed by atoms with van der Waals surface area (Å²) in [6, 6.07) is 0. The molecule has 0 fully saturated rings. The topological polar surface area (TPSA) is 156 Å². The maximum absolute atomic E-state index is 10.9. The molecule has 8 heteroatoms. The molecular formula is C26H52O8. The molecule has 0 aromatic heterocycles. The molecule has 0 saturated carbocycles. The highest BCUT2D eigenvalue weighted by Gasteiger charge is 2.33. The van der Waals surface area contributed by atoms with Crippen LogP contribution >= 0.6 is 0 Å². The van der Waals surface area contributed by atoms with E-state index < -0.39 is 42.8 Å². The third-order valence-corrected chi connectivity index (χ3v) is 5.86. The molecule has 0 aliphatic carbocycles. The Morgan fingerprint density at radius 1 is 0.676 bits per heavy atom. The molecule has 0 unspecified atom stereocenters. The highest BCUT2D eigenvalue weighted by atomic mass is 16.4. The van der Waals surface area contributed by atoms with E-state index in [1.54, 1.807) is 0 Å². The van der Waals surface area contributed by atoms with E-state index in [2.05, 4.69) is 13.8 Å². The van der Waals surface area contributed by atoms with E-state index in [1.807, 2.05) is 0 Å². The van der Waals surface area contributed by atoms with Gasteiger partial charge in [0.1, 0.15) is 24.4 Å². The zero-order chi connectivity index (χ0) is 26.4. The standard InChI is InChI=1S/C18H36O2.C8H16O6/c1-17(2)15-13-11-9-7-5-3-4-6-8-10-12-14-16-18(19)20;1-2-4(10)6(12)8(14)7(13)5(11)3-9/h17H,3-16H2,1-2H3,(H,19,20);5-9,11-14H,2-3H2,1H3/t;5-,6+,7-,8-/m.1/s1. The molecule has 0 bridgehead atoms. The lowest BCUT2D eigenvalue weighted by Gasteiger charge is -2.24. The molecule has 0 aliphatic heterocycles. The summed E-state index contributed by atoms with van der Waals surface area (Å²) in [5.41, 5.74) is 0. The lowest BCUT2D eigenvalue weighted by Crippen LogP contribution is -2.48. The van der Waals surface area contributed by atoms with Crippen LogP contribution < -0.4 is 0 Å². The highest BCUT2D eigenvalue weighted by molar-refractivity contribution is 5.83. The van der Waals surface area contributed by atoms with Crippen LogP contribution in [0.4, 0.5) is 0 Å². The molecule has 0 spiro atoms. The zero-order valence-electron chi connectivity index (χ0n) is 21.7. The summed E-state index contributed by atoms with van der Waals surface area (Å²) >= 11 is 0. The Balaban J connectivity index is 0. The number of ketones is 1. The predicted molar refractivity (Wildman–Crippen MR) is 134 cm³/mol. The third kappa shape index (κ3) is 21.5. The molecule has 204 valence electrons. The molecule has 4 atom stereocenters. The number of carboxylic acids is 1. The zero-order valence-corrected chi connectivity index (χ0v) is 21.7. The van der Waals surface area contributed by atoms with E-state index >= 15 is 0 Å². The summed E-state index contributed by atoms with van der Waals surface area (Å²) < 4.78 is 0. The maximum Gasteiger partial charge on any atom is 0.303 e. The fraction of sp³-hybridized carbons (Fsp3) is 0.923. The van der Waals surface area contributed by atoms with E-state index in [0.717, 1.165) is 18.8 Å². The molecule has 0 heterocycles. The fourth-order valence-electron chi connectivity index (χ4n) is 3.52. The summed E-state index contributed by atoms with van der Waals surface area (Å²) in [5, 5.41) is 53.4. The van der Waals surface area contributed by atoms with Crippen LogP contribution in [0, 0.1) is 5.92 Å². The van der Waals surface area contributed by atoms with Gasteiger partial charge in [-0.25, -0.2) is 0 Å². The van der Waals surface area contributed by atoms with Gasteiger partial charge in [0.05, 0.1) is 6.61 Å². The number of aliphatic hydroxyl groups excluding tert-OH is 5. The summed E-state index contributed by atoms with van der Waals surface area (Å²) in [5.74, 6) is -0.425. The smallest absolute Gasteiger partial charge is 0.303 e. The van der Waals surface area contributed by atoms with Gasteiger partial charge >= 0.3 is 5.97 Å². The van der Waals surface area contributed by atoms with Gasteiger partial charge in [-0.15, -0.1) is 0 Å². The lowest BCUT2D eigenvalue weighted by molar-refractivity contribution is -0.146. The minimum atomic E-state index is -1.79. The number of carboxylic acid groups (broad SMARTS) is 1. The van der Waals surface area contributed by atoms with Gasteiger partial charge in [-0.05, 0) is 12.3 Å². The van der Waals surface area contributed by atoms with Gasteiger partial charge in [0.2, 0.25) is 0 Å². The summed E-state index contributed by atoms with van der Waals surface area (Å²) in [4.78, 5) is 21.2. The molecule has 0 saturated heterocycles. The summed E-state index contributed by atoms with van der Waals surface area (Å²) in [7, 11) is 0. The molecule has 0 rings (SSSR count). The van der Waals surface area contributed by atoms with Crippen LogP contribution in [0.5, 0.6) is 0 Å². The Labute approximate surface area is 206 Å². The van der Waals surface area contributed by atoms with E-state index in [9.17, 15) is 14.7 Å². The van der Waals surface area contributed by atoms with Crippen molar-refractivity contribution in [2.45, 2.75) is 141 Å². The van der Waals surface area contributed by atoms with Gasteiger partial charge in [0, 0.05) is 12.8 Å². The van der Waals surface area contributed by atoms with Crippen LogP contribution in [0.2, 0.25) is 0 Å². The van der Waals surface area contributed by atoms with Crippen molar-refractivity contribution >= 4 is 11.8 Å². The first-order valence-electron chi connectivity index (χ1n) is 13.2. The average molecular weight is 493 g/mol. The molecule has 0 radical (unpaired) electrons. The number of hydrogen-bond donors (Lipinski definition) is 6. The van der Waals surface area contributed by atoms with Crippen LogP contribution in [0.1, 0.15) is 117 Å². The Morgan fingerprint density at radius 3 is 1.44 bits per heavy atom. The second-order valence-electron chi connectivity index (χ2n) is 9.56. The second-order valence-corrected chi connectivity index (χ2v) is 9.56. The van der Waals surface area contributed by atoms with Gasteiger partial charge in [0.15, 0.2) is 5.78 Å². The Hall–Kier alpha value is -1.06. The Kier molecular flexibility index (Phi) is 24.4. The van der Waals surface area contributed by atoms with Crippen LogP contribution in [-0.2, 0) is 9.59 Å². The average Bonchev–Trinajstić information content (AvgIpc) is 2.81. The predicted octanol–water partition coefficient (Wildman–Crippen LogP) is 3.59. The van der Waals surface area contributed by atoms with Crippen molar-refractivity contribution in [2.24, 2.45) is 5.92 Å². The molecule has 8 nitrogen and oxygen atoms in total. The number of aliphatic carboxylic acids is 1. The highest BCUT2D eigenvalue weighted by Crippen LogP contribution is 2.14. The largest absolute Gasteiger partial charge is 0.481 e. The van der Waals surface area contributed by atoms with Crippen LogP contribution in [-0.4, -0.2) is 73.4 Å². The monoisotopic (exact) mass is 492 g/mol. The maximum atomic E-state index is 10.9. The van der Waals surface area contributed by atoms with Gasteiger partial charge in [0.25, 0.3) is 0 Å². The lowest BCUT2D eigenvalue weighted by atomic mass is 9.99. The molecule has 6 N–H and O–H groups in total. The molecule has 34 heavy (non-hydrogen) atoms. The van der Waals surface area contributed by atoms with Crippen molar-refractivity contribution in [1.29, 1.82) is 0 Å². The normalized spacial score (nSPS) is 14.7. The number of Topliss-reactive ketones (excluding diaryl/α,β-unsaturated/α-hetero) is 1. The first kappa shape index (κ1) is 35.1. The number of aliphatic hydroxyl groups is 5. The number of hydrogen-bond acceptors (Lipinski definition) is 7. The molecule has 0 aromatic rings. The minimum Gasteiger partial charge on any atom is -0.481 e. The number of carbonyl (C=O) groups excluding carboxylic acids is 1. The fourth-order valence-corrected chi connectivity index (χ4v) is 3.52. The van der Waals surface area contributed by atoms with Crippen LogP contribution in [0.25, 0.3) is 0 Å². The summed E-state index contributed by atoms with van der Waals surface area (Å²) in [6.07, 6.45) is 10.5. The van der Waals surface area contributed by atoms with Crippen molar-refractivity contribution < 1.29 is 40.2 Å². The van der Waals surface area contributed by atoms with E-state index in [1.165, 1.54) is 77.6 Å². The number of unbranched alkanes of at least 4 members (excludes halogenated alkanes) is 11.